The van der Waals surface area contributed by atoms with Crippen molar-refractivity contribution in [3.63, 3.8) is 0 Å². The average molecular weight is 271 g/mol. The van der Waals surface area contributed by atoms with Crippen LogP contribution in [0.25, 0.3) is 0 Å². The van der Waals surface area contributed by atoms with Gasteiger partial charge in [0.05, 0.1) is 4.47 Å². The number of para-hydroxylation sites is 1. The molecule has 6 heteroatoms. The fourth-order valence-corrected chi connectivity index (χ4v) is 1.31. The van der Waals surface area contributed by atoms with Crippen LogP contribution in [0.5, 0.6) is 5.75 Å². The summed E-state index contributed by atoms with van der Waals surface area (Å²) in [5, 5.41) is 18.1. The van der Waals surface area contributed by atoms with Crippen molar-refractivity contribution in [1.29, 1.82) is 0 Å². The number of phenolic OH excluding ortho intramolecular Hbond substituents is 1. The first-order valence-corrected chi connectivity index (χ1v) is 4.35. The number of benzene rings is 1. The van der Waals surface area contributed by atoms with E-state index in [2.05, 4.69) is 15.9 Å². The van der Waals surface area contributed by atoms with Gasteiger partial charge in [0.2, 0.25) is 0 Å². The SMILES string of the molecule is Oc1c(Br)cccc1C(O)C(F)(F)F. The summed E-state index contributed by atoms with van der Waals surface area (Å²) < 4.78 is 36.3. The van der Waals surface area contributed by atoms with Crippen molar-refractivity contribution in [2.45, 2.75) is 12.3 Å². The zero-order chi connectivity index (χ0) is 10.9. The molecule has 1 aromatic rings. The van der Waals surface area contributed by atoms with Crippen molar-refractivity contribution in [2.24, 2.45) is 0 Å². The predicted molar refractivity (Wildman–Crippen MR) is 46.8 cm³/mol. The van der Waals surface area contributed by atoms with Gasteiger partial charge in [-0.05, 0) is 22.0 Å². The molecule has 0 aliphatic carbocycles. The van der Waals surface area contributed by atoms with Crippen LogP contribution >= 0.6 is 15.9 Å². The maximum atomic E-state index is 12.1. The minimum Gasteiger partial charge on any atom is -0.506 e. The van der Waals surface area contributed by atoms with E-state index in [1.54, 1.807) is 0 Å². The number of aliphatic hydroxyl groups excluding tert-OH is 1. The smallest absolute Gasteiger partial charge is 0.418 e. The Kier molecular flexibility index (Phi) is 3.06. The zero-order valence-electron chi connectivity index (χ0n) is 6.72. The van der Waals surface area contributed by atoms with Gasteiger partial charge in [0.1, 0.15) is 5.75 Å². The molecule has 78 valence electrons. The number of rotatable bonds is 1. The van der Waals surface area contributed by atoms with Crippen LogP contribution in [0.15, 0.2) is 22.7 Å². The predicted octanol–water partition coefficient (Wildman–Crippen LogP) is 2.75. The molecule has 2 N–H and O–H groups in total. The highest BCUT2D eigenvalue weighted by atomic mass is 79.9. The van der Waals surface area contributed by atoms with Crippen LogP contribution in [0.4, 0.5) is 13.2 Å². The van der Waals surface area contributed by atoms with Crippen LogP contribution in [0.1, 0.15) is 11.7 Å². The maximum Gasteiger partial charge on any atom is 0.418 e. The molecular formula is C8H6BrF3O2. The Bertz CT molecular complexity index is 338. The molecule has 0 fully saturated rings. The number of aliphatic hydroxyl groups is 1. The molecule has 0 heterocycles. The number of hydrogen-bond donors (Lipinski definition) is 2. The summed E-state index contributed by atoms with van der Waals surface area (Å²) in [6.45, 7) is 0. The summed E-state index contributed by atoms with van der Waals surface area (Å²) in [5.41, 5.74) is -0.563. The molecule has 0 amide bonds. The summed E-state index contributed by atoms with van der Waals surface area (Å²) in [5.74, 6) is -0.600. The van der Waals surface area contributed by atoms with Crippen molar-refractivity contribution < 1.29 is 23.4 Å². The van der Waals surface area contributed by atoms with E-state index in [1.165, 1.54) is 12.1 Å². The Hall–Kier alpha value is -0.750. The van der Waals surface area contributed by atoms with Crippen LogP contribution in [0.2, 0.25) is 0 Å². The summed E-state index contributed by atoms with van der Waals surface area (Å²) in [7, 11) is 0. The topological polar surface area (TPSA) is 40.5 Å². The molecule has 1 aromatic carbocycles. The van der Waals surface area contributed by atoms with Gasteiger partial charge in [-0.2, -0.15) is 13.2 Å². The second kappa shape index (κ2) is 3.78. The van der Waals surface area contributed by atoms with E-state index < -0.39 is 23.6 Å². The highest BCUT2D eigenvalue weighted by molar-refractivity contribution is 9.10. The molecule has 1 atom stereocenters. The summed E-state index contributed by atoms with van der Waals surface area (Å²) in [4.78, 5) is 0. The van der Waals surface area contributed by atoms with E-state index >= 15 is 0 Å². The van der Waals surface area contributed by atoms with E-state index in [0.29, 0.717) is 0 Å². The third-order valence-corrected chi connectivity index (χ3v) is 2.26. The van der Waals surface area contributed by atoms with Crippen molar-refractivity contribution >= 4 is 15.9 Å². The number of halogens is 4. The number of alkyl halides is 3. The van der Waals surface area contributed by atoms with Gasteiger partial charge in [0.25, 0.3) is 0 Å². The molecule has 0 radical (unpaired) electrons. The molecule has 0 bridgehead atoms. The molecule has 1 unspecified atom stereocenters. The van der Waals surface area contributed by atoms with Crippen LogP contribution in [-0.4, -0.2) is 16.4 Å². The first-order valence-electron chi connectivity index (χ1n) is 3.56. The minimum atomic E-state index is -4.78. The Morgan fingerprint density at radius 3 is 2.36 bits per heavy atom. The van der Waals surface area contributed by atoms with Gasteiger partial charge in [-0.25, -0.2) is 0 Å². The Balaban J connectivity index is 3.14. The largest absolute Gasteiger partial charge is 0.506 e. The monoisotopic (exact) mass is 270 g/mol. The van der Waals surface area contributed by atoms with Crippen molar-refractivity contribution in [3.05, 3.63) is 28.2 Å². The third-order valence-electron chi connectivity index (χ3n) is 1.62. The van der Waals surface area contributed by atoms with Gasteiger partial charge in [-0.15, -0.1) is 0 Å². The summed E-state index contributed by atoms with van der Waals surface area (Å²) in [6.07, 6.45) is -7.45. The van der Waals surface area contributed by atoms with Crippen LogP contribution < -0.4 is 0 Å². The van der Waals surface area contributed by atoms with E-state index in [-0.39, 0.29) is 4.47 Å². The Morgan fingerprint density at radius 1 is 1.29 bits per heavy atom. The standard InChI is InChI=1S/C8H6BrF3O2/c9-5-3-1-2-4(6(5)13)7(14)8(10,11)12/h1-3,7,13-14H. The normalized spacial score (nSPS) is 14.1. The van der Waals surface area contributed by atoms with Crippen molar-refractivity contribution in [3.8, 4) is 5.75 Å². The molecule has 0 saturated heterocycles. The van der Waals surface area contributed by atoms with Crippen LogP contribution in [0, 0.1) is 0 Å². The minimum absolute atomic E-state index is 0.110. The highest BCUT2D eigenvalue weighted by Crippen LogP contribution is 2.39. The molecule has 0 aliphatic heterocycles. The second-order valence-corrected chi connectivity index (χ2v) is 3.48. The average Bonchev–Trinajstić information content (AvgIpc) is 2.07. The lowest BCUT2D eigenvalue weighted by atomic mass is 10.1. The molecule has 0 saturated carbocycles. The lowest BCUT2D eigenvalue weighted by Crippen LogP contribution is -2.20. The Labute approximate surface area is 86.1 Å². The lowest BCUT2D eigenvalue weighted by molar-refractivity contribution is -0.207. The molecule has 0 aromatic heterocycles. The van der Waals surface area contributed by atoms with Crippen LogP contribution in [-0.2, 0) is 0 Å². The number of hydrogen-bond acceptors (Lipinski definition) is 2. The fraction of sp³-hybridized carbons (Fsp3) is 0.250. The van der Waals surface area contributed by atoms with E-state index in [0.717, 1.165) is 6.07 Å². The van der Waals surface area contributed by atoms with E-state index in [1.807, 2.05) is 0 Å². The van der Waals surface area contributed by atoms with E-state index in [9.17, 15) is 18.3 Å². The fourth-order valence-electron chi connectivity index (χ4n) is 0.929. The quantitative estimate of drug-likeness (QED) is 0.824. The van der Waals surface area contributed by atoms with Gasteiger partial charge in [0, 0.05) is 5.56 Å². The molecule has 0 spiro atoms. The molecule has 0 aliphatic rings. The maximum absolute atomic E-state index is 12.1. The van der Waals surface area contributed by atoms with Gasteiger partial charge in [-0.1, -0.05) is 12.1 Å². The second-order valence-electron chi connectivity index (χ2n) is 2.62. The highest BCUT2D eigenvalue weighted by Gasteiger charge is 2.40. The number of phenols is 1. The summed E-state index contributed by atoms with van der Waals surface area (Å²) >= 11 is 2.85. The third kappa shape index (κ3) is 2.19. The summed E-state index contributed by atoms with van der Waals surface area (Å²) in [6, 6.07) is 3.69. The first kappa shape index (κ1) is 11.3. The molecule has 2 nitrogen and oxygen atoms in total. The molecule has 14 heavy (non-hydrogen) atoms. The van der Waals surface area contributed by atoms with Gasteiger partial charge < -0.3 is 10.2 Å². The number of aromatic hydroxyl groups is 1. The van der Waals surface area contributed by atoms with Crippen LogP contribution in [0.3, 0.4) is 0 Å². The van der Waals surface area contributed by atoms with Gasteiger partial charge in [0.15, 0.2) is 6.10 Å². The molecular weight excluding hydrogens is 265 g/mol. The van der Waals surface area contributed by atoms with Gasteiger partial charge >= 0.3 is 6.18 Å². The van der Waals surface area contributed by atoms with E-state index in [4.69, 9.17) is 5.11 Å². The zero-order valence-corrected chi connectivity index (χ0v) is 8.30. The van der Waals surface area contributed by atoms with Gasteiger partial charge in [-0.3, -0.25) is 0 Å². The van der Waals surface area contributed by atoms with Crippen molar-refractivity contribution in [2.75, 3.05) is 0 Å². The van der Waals surface area contributed by atoms with Crippen molar-refractivity contribution in [1.82, 2.24) is 0 Å². The first-order chi connectivity index (χ1) is 6.34. The lowest BCUT2D eigenvalue weighted by Gasteiger charge is -2.16. The Morgan fingerprint density at radius 2 is 1.86 bits per heavy atom. The molecule has 1 rings (SSSR count).